The number of rotatable bonds is 3. The van der Waals surface area contributed by atoms with Gasteiger partial charge in [0.1, 0.15) is 5.82 Å². The Morgan fingerprint density at radius 2 is 2.15 bits per heavy atom. The van der Waals surface area contributed by atoms with Crippen LogP contribution in [0.1, 0.15) is 16.8 Å². The molecule has 0 saturated heterocycles. The van der Waals surface area contributed by atoms with Gasteiger partial charge >= 0.3 is 0 Å². The third kappa shape index (κ3) is 3.34. The normalized spacial score (nSPS) is 14.2. The SMILES string of the molecule is Nc1nc2c(c(=O)[nH]1)CN(Cc1ccc(-c3cccc(F)c3)nc1)CC2. The number of hydrogen-bond acceptors (Lipinski definition) is 5. The average molecular weight is 351 g/mol. The van der Waals surface area contributed by atoms with Gasteiger partial charge in [-0.3, -0.25) is 19.7 Å². The first kappa shape index (κ1) is 16.4. The van der Waals surface area contributed by atoms with E-state index < -0.39 is 0 Å². The molecule has 0 atom stereocenters. The Labute approximate surface area is 149 Å². The van der Waals surface area contributed by atoms with Crippen LogP contribution < -0.4 is 11.3 Å². The van der Waals surface area contributed by atoms with E-state index in [0.717, 1.165) is 29.1 Å². The summed E-state index contributed by atoms with van der Waals surface area (Å²) in [5.41, 5.74) is 9.40. The molecule has 2 aromatic heterocycles. The van der Waals surface area contributed by atoms with Gasteiger partial charge in [-0.2, -0.15) is 0 Å². The molecule has 1 aliphatic rings. The van der Waals surface area contributed by atoms with E-state index in [4.69, 9.17) is 5.73 Å². The van der Waals surface area contributed by atoms with Crippen molar-refractivity contribution in [3.8, 4) is 11.3 Å². The second-order valence-electron chi connectivity index (χ2n) is 6.40. The van der Waals surface area contributed by atoms with Gasteiger partial charge in [-0.25, -0.2) is 9.37 Å². The molecule has 26 heavy (non-hydrogen) atoms. The predicted molar refractivity (Wildman–Crippen MR) is 96.7 cm³/mol. The summed E-state index contributed by atoms with van der Waals surface area (Å²) in [7, 11) is 0. The standard InChI is InChI=1S/C19H18FN5O/c20-14-3-1-2-13(8-14)16-5-4-12(9-22-16)10-25-7-6-17-15(11-25)18(26)24-19(21)23-17/h1-5,8-9H,6-7,10-11H2,(H3,21,23,24,26). The van der Waals surface area contributed by atoms with Gasteiger partial charge in [-0.05, 0) is 23.8 Å². The fourth-order valence-corrected chi connectivity index (χ4v) is 3.23. The first-order valence-electron chi connectivity index (χ1n) is 8.39. The van der Waals surface area contributed by atoms with Crippen molar-refractivity contribution in [1.82, 2.24) is 19.9 Å². The number of hydrogen-bond donors (Lipinski definition) is 2. The summed E-state index contributed by atoms with van der Waals surface area (Å²) in [5, 5.41) is 0. The molecule has 7 heteroatoms. The lowest BCUT2D eigenvalue weighted by atomic mass is 10.1. The van der Waals surface area contributed by atoms with Crippen LogP contribution >= 0.6 is 0 Å². The van der Waals surface area contributed by atoms with Crippen LogP contribution in [0.5, 0.6) is 0 Å². The van der Waals surface area contributed by atoms with Gasteiger partial charge in [0, 0.05) is 37.8 Å². The Kier molecular flexibility index (Phi) is 4.22. The van der Waals surface area contributed by atoms with Gasteiger partial charge in [0.2, 0.25) is 5.95 Å². The van der Waals surface area contributed by atoms with Gasteiger partial charge in [0.25, 0.3) is 5.56 Å². The smallest absolute Gasteiger partial charge is 0.257 e. The maximum atomic E-state index is 13.3. The zero-order valence-corrected chi connectivity index (χ0v) is 14.1. The van der Waals surface area contributed by atoms with Crippen LogP contribution in [-0.2, 0) is 19.5 Å². The minimum Gasteiger partial charge on any atom is -0.369 e. The number of fused-ring (bicyclic) bond motifs is 1. The zero-order valence-electron chi connectivity index (χ0n) is 14.1. The van der Waals surface area contributed by atoms with Crippen LogP contribution in [-0.4, -0.2) is 26.4 Å². The lowest BCUT2D eigenvalue weighted by Crippen LogP contribution is -2.35. The Morgan fingerprint density at radius 1 is 1.27 bits per heavy atom. The van der Waals surface area contributed by atoms with E-state index in [1.165, 1.54) is 12.1 Å². The van der Waals surface area contributed by atoms with E-state index in [1.807, 2.05) is 18.2 Å². The van der Waals surface area contributed by atoms with Crippen molar-refractivity contribution in [2.24, 2.45) is 0 Å². The summed E-state index contributed by atoms with van der Waals surface area (Å²) in [4.78, 5) is 25.5. The topological polar surface area (TPSA) is 87.9 Å². The molecule has 0 aliphatic carbocycles. The Bertz CT molecular complexity index is 1000. The van der Waals surface area contributed by atoms with Crippen molar-refractivity contribution in [2.45, 2.75) is 19.5 Å². The Morgan fingerprint density at radius 3 is 2.92 bits per heavy atom. The van der Waals surface area contributed by atoms with Gasteiger partial charge in [-0.15, -0.1) is 0 Å². The molecule has 6 nitrogen and oxygen atoms in total. The monoisotopic (exact) mass is 351 g/mol. The summed E-state index contributed by atoms with van der Waals surface area (Å²) in [6.45, 7) is 2.01. The van der Waals surface area contributed by atoms with E-state index in [-0.39, 0.29) is 17.3 Å². The molecule has 0 saturated carbocycles. The number of aromatic nitrogens is 3. The number of nitrogens with two attached hydrogens (primary N) is 1. The molecule has 1 aromatic carbocycles. The quantitative estimate of drug-likeness (QED) is 0.755. The van der Waals surface area contributed by atoms with Gasteiger partial charge < -0.3 is 5.73 Å². The number of nitrogen functional groups attached to an aromatic ring is 1. The summed E-state index contributed by atoms with van der Waals surface area (Å²) < 4.78 is 13.3. The van der Waals surface area contributed by atoms with Gasteiger partial charge in [0.05, 0.1) is 17.0 Å². The second-order valence-corrected chi connectivity index (χ2v) is 6.40. The minimum absolute atomic E-state index is 0.166. The molecule has 0 unspecified atom stereocenters. The number of H-pyrrole nitrogens is 1. The highest BCUT2D eigenvalue weighted by molar-refractivity contribution is 5.58. The van der Waals surface area contributed by atoms with Crippen molar-refractivity contribution in [3.63, 3.8) is 0 Å². The molecule has 3 heterocycles. The van der Waals surface area contributed by atoms with Gasteiger partial charge in [-0.1, -0.05) is 18.2 Å². The first-order valence-corrected chi connectivity index (χ1v) is 8.39. The van der Waals surface area contributed by atoms with Crippen LogP contribution in [0.2, 0.25) is 0 Å². The molecule has 0 spiro atoms. The molecule has 0 amide bonds. The molecule has 4 rings (SSSR count). The molecule has 3 aromatic rings. The third-order valence-corrected chi connectivity index (χ3v) is 4.52. The van der Waals surface area contributed by atoms with Crippen LogP contribution in [0.4, 0.5) is 10.3 Å². The molecule has 132 valence electrons. The Balaban J connectivity index is 1.49. The van der Waals surface area contributed by atoms with Crippen molar-refractivity contribution >= 4 is 5.95 Å². The van der Waals surface area contributed by atoms with E-state index in [0.29, 0.717) is 25.1 Å². The van der Waals surface area contributed by atoms with Crippen LogP contribution in [0.3, 0.4) is 0 Å². The van der Waals surface area contributed by atoms with E-state index in [9.17, 15) is 9.18 Å². The molecule has 1 aliphatic heterocycles. The third-order valence-electron chi connectivity index (χ3n) is 4.52. The predicted octanol–water partition coefficient (Wildman–Crippen LogP) is 2.11. The fourth-order valence-electron chi connectivity index (χ4n) is 3.23. The van der Waals surface area contributed by atoms with E-state index >= 15 is 0 Å². The van der Waals surface area contributed by atoms with Crippen molar-refractivity contribution in [1.29, 1.82) is 0 Å². The summed E-state index contributed by atoms with van der Waals surface area (Å²) in [6.07, 6.45) is 2.49. The highest BCUT2D eigenvalue weighted by Gasteiger charge is 2.21. The first-order chi connectivity index (χ1) is 12.6. The van der Waals surface area contributed by atoms with Gasteiger partial charge in [0.15, 0.2) is 0 Å². The highest BCUT2D eigenvalue weighted by Crippen LogP contribution is 2.20. The number of nitrogens with one attached hydrogen (secondary N) is 1. The summed E-state index contributed by atoms with van der Waals surface area (Å²) >= 11 is 0. The maximum absolute atomic E-state index is 13.3. The number of pyridine rings is 1. The molecule has 0 bridgehead atoms. The number of anilines is 1. The second kappa shape index (κ2) is 6.68. The fraction of sp³-hybridized carbons (Fsp3) is 0.211. The lowest BCUT2D eigenvalue weighted by molar-refractivity contribution is 0.241. The van der Waals surface area contributed by atoms with E-state index in [1.54, 1.807) is 12.3 Å². The molecular weight excluding hydrogens is 333 g/mol. The van der Waals surface area contributed by atoms with Crippen molar-refractivity contribution in [2.75, 3.05) is 12.3 Å². The molecule has 3 N–H and O–H groups in total. The van der Waals surface area contributed by atoms with Crippen LogP contribution in [0, 0.1) is 5.82 Å². The maximum Gasteiger partial charge on any atom is 0.257 e. The lowest BCUT2D eigenvalue weighted by Gasteiger charge is -2.27. The van der Waals surface area contributed by atoms with Crippen LogP contribution in [0.15, 0.2) is 47.4 Å². The summed E-state index contributed by atoms with van der Waals surface area (Å²) in [5.74, 6) is -0.112. The highest BCUT2D eigenvalue weighted by atomic mass is 19.1. The molecule has 0 radical (unpaired) electrons. The van der Waals surface area contributed by atoms with Crippen LogP contribution in [0.25, 0.3) is 11.3 Å². The molecule has 0 fully saturated rings. The minimum atomic E-state index is -0.278. The summed E-state index contributed by atoms with van der Waals surface area (Å²) in [6, 6.07) is 10.2. The zero-order chi connectivity index (χ0) is 18.1. The number of halogens is 1. The average Bonchev–Trinajstić information content (AvgIpc) is 2.63. The number of benzene rings is 1. The van der Waals surface area contributed by atoms with E-state index in [2.05, 4.69) is 19.9 Å². The number of aromatic amines is 1. The van der Waals surface area contributed by atoms with Crippen molar-refractivity contribution in [3.05, 3.63) is 75.6 Å². The number of nitrogens with zero attached hydrogens (tertiary/aromatic N) is 3. The van der Waals surface area contributed by atoms with Crippen molar-refractivity contribution < 1.29 is 4.39 Å². The Hall–Kier alpha value is -3.06. The molecular formula is C19H18FN5O. The largest absolute Gasteiger partial charge is 0.369 e.